The van der Waals surface area contributed by atoms with E-state index >= 15 is 0 Å². The summed E-state index contributed by atoms with van der Waals surface area (Å²) in [4.78, 5) is 44.3. The molecule has 2 aromatic carbocycles. The lowest BCUT2D eigenvalue weighted by molar-refractivity contribution is -0.187. The summed E-state index contributed by atoms with van der Waals surface area (Å²) in [7, 11) is 0. The van der Waals surface area contributed by atoms with Gasteiger partial charge in [-0.2, -0.15) is 13.2 Å². The van der Waals surface area contributed by atoms with Crippen molar-refractivity contribution < 1.29 is 45.5 Å². The molecule has 2 aliphatic rings. The number of aromatic nitrogens is 1. The van der Waals surface area contributed by atoms with Crippen LogP contribution in [0.1, 0.15) is 42.2 Å². The fourth-order valence-electron chi connectivity index (χ4n) is 5.17. The molecule has 42 heavy (non-hydrogen) atoms. The molecule has 0 bridgehead atoms. The lowest BCUT2D eigenvalue weighted by Crippen LogP contribution is -2.51. The van der Waals surface area contributed by atoms with Crippen LogP contribution in [0.3, 0.4) is 0 Å². The molecule has 0 unspecified atom stereocenters. The first kappa shape index (κ1) is 29.1. The number of ether oxygens (including phenoxy) is 1. The van der Waals surface area contributed by atoms with Crippen LogP contribution < -0.4 is 0 Å². The highest BCUT2D eigenvalue weighted by molar-refractivity contribution is 6.06. The molecule has 0 radical (unpaired) electrons. The maximum Gasteiger partial charge on any atom is 0.418 e. The Bertz CT molecular complexity index is 1530. The Kier molecular flexibility index (Phi) is 7.46. The van der Waals surface area contributed by atoms with Crippen molar-refractivity contribution in [1.82, 2.24) is 14.8 Å². The lowest BCUT2D eigenvalue weighted by atomic mass is 9.93. The number of imide groups is 1. The van der Waals surface area contributed by atoms with Crippen LogP contribution in [0.4, 0.5) is 31.1 Å². The van der Waals surface area contributed by atoms with Gasteiger partial charge < -0.3 is 9.64 Å². The second-order valence-electron chi connectivity index (χ2n) is 10.1. The van der Waals surface area contributed by atoms with Crippen molar-refractivity contribution in [3.05, 3.63) is 89.0 Å². The highest BCUT2D eigenvalue weighted by Crippen LogP contribution is 2.46. The third-order valence-electron chi connectivity index (χ3n) is 7.52. The Balaban J connectivity index is 1.37. The molecule has 0 N–H and O–H groups in total. The average Bonchev–Trinajstić information content (AvgIpc) is 3.43. The van der Waals surface area contributed by atoms with Crippen molar-refractivity contribution in [2.75, 3.05) is 6.54 Å². The summed E-state index contributed by atoms with van der Waals surface area (Å²) in [6.07, 6.45) is -7.07. The summed E-state index contributed by atoms with van der Waals surface area (Å²) in [5.41, 5.74) is 0.267. The van der Waals surface area contributed by atoms with Gasteiger partial charge in [0.1, 0.15) is 24.1 Å². The van der Waals surface area contributed by atoms with Crippen LogP contribution >= 0.6 is 0 Å². The summed E-state index contributed by atoms with van der Waals surface area (Å²) in [6.45, 7) is -0.758. The van der Waals surface area contributed by atoms with Gasteiger partial charge in [-0.1, -0.05) is 36.4 Å². The molecule has 1 aliphatic carbocycles. The Morgan fingerprint density at radius 3 is 2.38 bits per heavy atom. The summed E-state index contributed by atoms with van der Waals surface area (Å²) in [5.74, 6) is -2.64. The van der Waals surface area contributed by atoms with Gasteiger partial charge >= 0.3 is 12.3 Å². The Hall–Kier alpha value is -4.42. The van der Waals surface area contributed by atoms with Crippen LogP contribution in [0.25, 0.3) is 11.1 Å². The van der Waals surface area contributed by atoms with E-state index in [0.717, 1.165) is 19.1 Å². The topological polar surface area (TPSA) is 79.8 Å². The Morgan fingerprint density at radius 1 is 1.07 bits per heavy atom. The summed E-state index contributed by atoms with van der Waals surface area (Å²) < 4.78 is 85.4. The fourth-order valence-corrected chi connectivity index (χ4v) is 5.17. The molecule has 2 heterocycles. The van der Waals surface area contributed by atoms with Crippen molar-refractivity contribution in [3.63, 3.8) is 0 Å². The van der Waals surface area contributed by atoms with E-state index in [4.69, 9.17) is 4.74 Å². The number of pyridine rings is 1. The number of alkyl halides is 5. The summed E-state index contributed by atoms with van der Waals surface area (Å²) in [5, 5.41) is 0. The molecule has 1 fully saturated rings. The van der Waals surface area contributed by atoms with Gasteiger partial charge in [-0.3, -0.25) is 14.6 Å². The second kappa shape index (κ2) is 10.8. The number of amides is 3. The van der Waals surface area contributed by atoms with Gasteiger partial charge in [0.2, 0.25) is 11.5 Å². The first-order chi connectivity index (χ1) is 19.8. The number of aryl methyl sites for hydroxylation is 1. The van der Waals surface area contributed by atoms with E-state index in [1.54, 1.807) is 18.2 Å². The summed E-state index contributed by atoms with van der Waals surface area (Å²) in [6, 6.07) is 9.84. The van der Waals surface area contributed by atoms with Crippen LogP contribution in [-0.4, -0.2) is 51.5 Å². The SMILES string of the molecule is C[C@H](N(Cc1ccc(F)cc1)C(=O)CN1C(=O)O[C@@]2(CCc3cc(-c4ccc(C(F)F)nc4)ccc32)C1=O)C(F)(F)F. The molecule has 2 atom stereocenters. The van der Waals surface area contributed by atoms with Gasteiger partial charge in [0.15, 0.2) is 0 Å². The van der Waals surface area contributed by atoms with E-state index in [0.29, 0.717) is 38.5 Å². The van der Waals surface area contributed by atoms with Crippen LogP contribution in [0.2, 0.25) is 0 Å². The molecule has 1 aromatic heterocycles. The molecule has 0 saturated carbocycles. The molecule has 3 amide bonds. The molecule has 3 aromatic rings. The Morgan fingerprint density at radius 2 is 1.76 bits per heavy atom. The molecule has 7 nitrogen and oxygen atoms in total. The molecule has 1 aliphatic heterocycles. The minimum Gasteiger partial charge on any atom is -0.427 e. The van der Waals surface area contributed by atoms with Crippen molar-refractivity contribution in [2.45, 2.75) is 50.6 Å². The van der Waals surface area contributed by atoms with Gasteiger partial charge in [-0.05, 0) is 48.2 Å². The van der Waals surface area contributed by atoms with E-state index in [1.807, 2.05) is 0 Å². The number of hydrogen-bond acceptors (Lipinski definition) is 5. The fraction of sp³-hybridized carbons (Fsp3) is 0.310. The average molecular weight is 592 g/mol. The monoisotopic (exact) mass is 591 g/mol. The van der Waals surface area contributed by atoms with Gasteiger partial charge in [-0.25, -0.2) is 22.9 Å². The van der Waals surface area contributed by atoms with E-state index < -0.39 is 61.1 Å². The van der Waals surface area contributed by atoms with E-state index in [1.165, 1.54) is 30.5 Å². The largest absolute Gasteiger partial charge is 0.427 e. The molecular weight excluding hydrogens is 568 g/mol. The number of carbonyl (C=O) groups excluding carboxylic acids is 3. The number of carbonyl (C=O) groups is 3. The first-order valence-electron chi connectivity index (χ1n) is 12.8. The standard InChI is InChI=1S/C29H23F6N3O4/c1-16(29(33,34)35)37(14-17-2-6-21(30)7-3-17)24(39)15-38-26(40)28(42-27(38)41)11-10-19-12-18(4-8-22(19)28)20-5-9-23(25(31)32)36-13-20/h2-9,12-13,16,25H,10-11,14-15H2,1H3/t16-,28+/m0/s1. The second-order valence-corrected chi connectivity index (χ2v) is 10.1. The van der Waals surface area contributed by atoms with E-state index in [9.17, 15) is 40.7 Å². The van der Waals surface area contributed by atoms with E-state index in [-0.39, 0.29) is 17.7 Å². The molecule has 1 saturated heterocycles. The summed E-state index contributed by atoms with van der Waals surface area (Å²) >= 11 is 0. The molecular formula is C29H23F6N3O4. The minimum absolute atomic E-state index is 0.0435. The zero-order valence-electron chi connectivity index (χ0n) is 22.0. The normalized spacial score (nSPS) is 18.9. The van der Waals surface area contributed by atoms with Crippen molar-refractivity contribution >= 4 is 17.9 Å². The molecule has 5 rings (SSSR count). The first-order valence-corrected chi connectivity index (χ1v) is 12.8. The predicted molar refractivity (Wildman–Crippen MR) is 135 cm³/mol. The number of nitrogens with zero attached hydrogens (tertiary/aromatic N) is 3. The maximum absolute atomic E-state index is 13.6. The van der Waals surface area contributed by atoms with Gasteiger partial charge in [0, 0.05) is 30.3 Å². The van der Waals surface area contributed by atoms with Crippen LogP contribution in [0, 0.1) is 5.82 Å². The number of fused-ring (bicyclic) bond motifs is 2. The highest BCUT2D eigenvalue weighted by Gasteiger charge is 2.58. The van der Waals surface area contributed by atoms with Crippen LogP contribution in [0.15, 0.2) is 60.8 Å². The lowest BCUT2D eigenvalue weighted by Gasteiger charge is -2.31. The third-order valence-corrected chi connectivity index (χ3v) is 7.52. The zero-order valence-corrected chi connectivity index (χ0v) is 22.0. The van der Waals surface area contributed by atoms with Crippen molar-refractivity contribution in [3.8, 4) is 11.1 Å². The van der Waals surface area contributed by atoms with E-state index in [2.05, 4.69) is 4.98 Å². The van der Waals surface area contributed by atoms with Gasteiger partial charge in [0.05, 0.1) is 0 Å². The minimum atomic E-state index is -4.82. The number of benzene rings is 2. The third kappa shape index (κ3) is 5.30. The smallest absolute Gasteiger partial charge is 0.418 e. The van der Waals surface area contributed by atoms with Gasteiger partial charge in [0.25, 0.3) is 12.3 Å². The van der Waals surface area contributed by atoms with Crippen molar-refractivity contribution in [2.24, 2.45) is 0 Å². The molecule has 1 spiro atoms. The quantitative estimate of drug-likeness (QED) is 0.319. The van der Waals surface area contributed by atoms with Crippen LogP contribution in [0.5, 0.6) is 0 Å². The number of halogens is 6. The highest BCUT2D eigenvalue weighted by atomic mass is 19.4. The van der Waals surface area contributed by atoms with Crippen molar-refractivity contribution in [1.29, 1.82) is 0 Å². The van der Waals surface area contributed by atoms with Gasteiger partial charge in [-0.15, -0.1) is 0 Å². The molecule has 13 heteroatoms. The van der Waals surface area contributed by atoms with Crippen LogP contribution in [-0.2, 0) is 32.9 Å². The number of hydrogen-bond donors (Lipinski definition) is 0. The maximum atomic E-state index is 13.6. The zero-order chi connectivity index (χ0) is 30.4. The Labute approximate surface area is 235 Å². The number of rotatable bonds is 7. The molecule has 220 valence electrons. The predicted octanol–water partition coefficient (Wildman–Crippen LogP) is 5.93.